The van der Waals surface area contributed by atoms with E-state index in [0.29, 0.717) is 18.7 Å². The Morgan fingerprint density at radius 2 is 1.90 bits per heavy atom. The minimum absolute atomic E-state index is 0.136. The van der Waals surface area contributed by atoms with Gasteiger partial charge in [0.2, 0.25) is 5.91 Å². The summed E-state index contributed by atoms with van der Waals surface area (Å²) in [5, 5.41) is 2.66. The summed E-state index contributed by atoms with van der Waals surface area (Å²) in [6.45, 7) is 6.21. The Balaban J connectivity index is 2.20. The van der Waals surface area contributed by atoms with Crippen LogP contribution in [0.2, 0.25) is 0 Å². The first-order valence-electron chi connectivity index (χ1n) is 9.87. The molecule has 1 atom stereocenters. The van der Waals surface area contributed by atoms with Crippen LogP contribution in [0.4, 0.5) is 0 Å². The third kappa shape index (κ3) is 6.32. The van der Waals surface area contributed by atoms with Crippen LogP contribution >= 0.6 is 15.9 Å². The van der Waals surface area contributed by atoms with E-state index in [1.807, 2.05) is 56.3 Å². The van der Waals surface area contributed by atoms with E-state index in [1.165, 1.54) is 5.56 Å². The fourth-order valence-corrected chi connectivity index (χ4v) is 3.74. The highest BCUT2D eigenvalue weighted by Crippen LogP contribution is 2.26. The molecule has 2 aromatic carbocycles. The molecule has 0 aromatic heterocycles. The molecule has 29 heavy (non-hydrogen) atoms. The minimum Gasteiger partial charge on any atom is -0.483 e. The lowest BCUT2D eigenvalue weighted by Crippen LogP contribution is -2.49. The highest BCUT2D eigenvalue weighted by Gasteiger charge is 2.28. The zero-order valence-electron chi connectivity index (χ0n) is 17.5. The molecule has 0 spiro atoms. The molecule has 0 saturated carbocycles. The quantitative estimate of drug-likeness (QED) is 0.608. The van der Waals surface area contributed by atoms with Crippen LogP contribution in [0.5, 0.6) is 5.75 Å². The van der Waals surface area contributed by atoms with Crippen LogP contribution in [0.1, 0.15) is 37.0 Å². The van der Waals surface area contributed by atoms with Crippen LogP contribution in [-0.4, -0.2) is 36.4 Å². The number of carbonyl (C=O) groups excluding carboxylic acids is 2. The van der Waals surface area contributed by atoms with E-state index in [-0.39, 0.29) is 18.4 Å². The standard InChI is InChI=1S/C23H29BrN2O3/c1-5-17-10-11-21(19(24)13-17)29-15-22(27)26(20(6-2)23(28)25-4)14-18-9-7-8-16(3)12-18/h7-13,20H,5-6,14-15H2,1-4H3,(H,25,28)/t20-/m0/s1. The molecule has 6 heteroatoms. The Labute approximate surface area is 181 Å². The summed E-state index contributed by atoms with van der Waals surface area (Å²) in [6.07, 6.45) is 1.44. The van der Waals surface area contributed by atoms with E-state index < -0.39 is 6.04 Å². The van der Waals surface area contributed by atoms with E-state index in [4.69, 9.17) is 4.74 Å². The summed E-state index contributed by atoms with van der Waals surface area (Å²) in [7, 11) is 1.59. The van der Waals surface area contributed by atoms with Gasteiger partial charge in [0.1, 0.15) is 11.8 Å². The summed E-state index contributed by atoms with van der Waals surface area (Å²) in [5.41, 5.74) is 3.27. The molecule has 0 saturated heterocycles. The predicted molar refractivity (Wildman–Crippen MR) is 119 cm³/mol. The first-order chi connectivity index (χ1) is 13.9. The summed E-state index contributed by atoms with van der Waals surface area (Å²) in [4.78, 5) is 27.1. The van der Waals surface area contributed by atoms with Crippen molar-refractivity contribution in [3.05, 3.63) is 63.6 Å². The van der Waals surface area contributed by atoms with Gasteiger partial charge in [-0.25, -0.2) is 0 Å². The van der Waals surface area contributed by atoms with Crippen molar-refractivity contribution in [1.82, 2.24) is 10.2 Å². The number of likely N-dealkylation sites (N-methyl/N-ethyl adjacent to an activating group) is 1. The molecule has 0 aliphatic carbocycles. The third-order valence-electron chi connectivity index (χ3n) is 4.82. The molecular weight excluding hydrogens is 432 g/mol. The third-order valence-corrected chi connectivity index (χ3v) is 5.44. The number of rotatable bonds is 9. The number of nitrogens with one attached hydrogen (secondary N) is 1. The van der Waals surface area contributed by atoms with E-state index in [1.54, 1.807) is 11.9 Å². The maximum atomic E-state index is 13.1. The summed E-state index contributed by atoms with van der Waals surface area (Å²) < 4.78 is 6.59. The Bertz CT molecular complexity index is 854. The second-order valence-corrected chi connectivity index (χ2v) is 7.81. The average Bonchev–Trinajstić information content (AvgIpc) is 2.72. The van der Waals surface area contributed by atoms with Crippen LogP contribution in [0.25, 0.3) is 0 Å². The van der Waals surface area contributed by atoms with Crippen molar-refractivity contribution in [2.75, 3.05) is 13.7 Å². The van der Waals surface area contributed by atoms with Crippen molar-refractivity contribution in [2.24, 2.45) is 0 Å². The molecule has 0 fully saturated rings. The van der Waals surface area contributed by atoms with Gasteiger partial charge >= 0.3 is 0 Å². The zero-order chi connectivity index (χ0) is 21.4. The fourth-order valence-electron chi connectivity index (χ4n) is 3.20. The van der Waals surface area contributed by atoms with Crippen molar-refractivity contribution in [1.29, 1.82) is 0 Å². The highest BCUT2D eigenvalue weighted by molar-refractivity contribution is 9.10. The van der Waals surface area contributed by atoms with Crippen LogP contribution in [-0.2, 0) is 22.6 Å². The topological polar surface area (TPSA) is 58.6 Å². The van der Waals surface area contributed by atoms with Crippen molar-refractivity contribution in [2.45, 2.75) is 46.2 Å². The molecule has 1 N–H and O–H groups in total. The smallest absolute Gasteiger partial charge is 0.261 e. The molecule has 0 unspecified atom stereocenters. The number of hydrogen-bond donors (Lipinski definition) is 1. The van der Waals surface area contributed by atoms with Crippen LogP contribution in [0.15, 0.2) is 46.9 Å². The number of benzene rings is 2. The van der Waals surface area contributed by atoms with E-state index in [0.717, 1.165) is 22.0 Å². The first-order valence-corrected chi connectivity index (χ1v) is 10.7. The second-order valence-electron chi connectivity index (χ2n) is 6.96. The molecule has 156 valence electrons. The fraction of sp³-hybridized carbons (Fsp3) is 0.391. The van der Waals surface area contributed by atoms with Gasteiger partial charge in [0.05, 0.1) is 4.47 Å². The van der Waals surface area contributed by atoms with Crippen LogP contribution in [0, 0.1) is 6.92 Å². The van der Waals surface area contributed by atoms with Gasteiger partial charge in [-0.2, -0.15) is 0 Å². The van der Waals surface area contributed by atoms with Gasteiger partial charge in [0.15, 0.2) is 6.61 Å². The predicted octanol–water partition coefficient (Wildman–Crippen LogP) is 4.25. The van der Waals surface area contributed by atoms with Crippen molar-refractivity contribution in [3.8, 4) is 5.75 Å². The van der Waals surface area contributed by atoms with Gasteiger partial charge in [-0.3, -0.25) is 9.59 Å². The van der Waals surface area contributed by atoms with Crippen LogP contribution in [0.3, 0.4) is 0 Å². The van der Waals surface area contributed by atoms with Gasteiger partial charge in [0, 0.05) is 13.6 Å². The average molecular weight is 461 g/mol. The van der Waals surface area contributed by atoms with Crippen LogP contribution < -0.4 is 10.1 Å². The lowest BCUT2D eigenvalue weighted by molar-refractivity contribution is -0.142. The zero-order valence-corrected chi connectivity index (χ0v) is 19.1. The monoisotopic (exact) mass is 460 g/mol. The molecule has 0 heterocycles. The number of aryl methyl sites for hydroxylation is 2. The van der Waals surface area contributed by atoms with Gasteiger partial charge in [-0.15, -0.1) is 0 Å². The van der Waals surface area contributed by atoms with Gasteiger partial charge in [0.25, 0.3) is 5.91 Å². The molecule has 0 radical (unpaired) electrons. The normalized spacial score (nSPS) is 11.6. The number of amides is 2. The molecule has 2 rings (SSSR count). The van der Waals surface area contributed by atoms with E-state index in [9.17, 15) is 9.59 Å². The molecule has 0 aliphatic rings. The van der Waals surface area contributed by atoms with Gasteiger partial charge in [-0.1, -0.05) is 49.7 Å². The Hall–Kier alpha value is -2.34. The number of nitrogens with zero attached hydrogens (tertiary/aromatic N) is 1. The molecule has 5 nitrogen and oxygen atoms in total. The lowest BCUT2D eigenvalue weighted by atomic mass is 10.1. The van der Waals surface area contributed by atoms with Gasteiger partial charge in [-0.05, 0) is 59.0 Å². The summed E-state index contributed by atoms with van der Waals surface area (Å²) in [5.74, 6) is 0.203. The maximum absolute atomic E-state index is 13.1. The second kappa shape index (κ2) is 11.0. The van der Waals surface area contributed by atoms with Crippen molar-refractivity contribution in [3.63, 3.8) is 0 Å². The SMILES string of the molecule is CCc1ccc(OCC(=O)N(Cc2cccc(C)c2)[C@@H](CC)C(=O)NC)c(Br)c1. The highest BCUT2D eigenvalue weighted by atomic mass is 79.9. The van der Waals surface area contributed by atoms with E-state index >= 15 is 0 Å². The number of carbonyl (C=O) groups is 2. The van der Waals surface area contributed by atoms with E-state index in [2.05, 4.69) is 28.2 Å². The molecular formula is C23H29BrN2O3. The lowest BCUT2D eigenvalue weighted by Gasteiger charge is -2.30. The Kier molecular flexibility index (Phi) is 8.70. The number of halogens is 1. The first kappa shape index (κ1) is 22.9. The molecule has 2 aromatic rings. The maximum Gasteiger partial charge on any atom is 0.261 e. The molecule has 0 aliphatic heterocycles. The summed E-state index contributed by atoms with van der Waals surface area (Å²) >= 11 is 3.50. The number of ether oxygens (including phenoxy) is 1. The minimum atomic E-state index is -0.553. The Morgan fingerprint density at radius 3 is 2.48 bits per heavy atom. The van der Waals surface area contributed by atoms with Crippen molar-refractivity contribution < 1.29 is 14.3 Å². The summed E-state index contributed by atoms with van der Waals surface area (Å²) in [6, 6.07) is 13.2. The van der Waals surface area contributed by atoms with Gasteiger partial charge < -0.3 is 15.0 Å². The Morgan fingerprint density at radius 1 is 1.14 bits per heavy atom. The largest absolute Gasteiger partial charge is 0.483 e. The number of hydrogen-bond acceptors (Lipinski definition) is 3. The molecule has 0 bridgehead atoms. The van der Waals surface area contributed by atoms with Crippen molar-refractivity contribution >= 4 is 27.7 Å². The molecule has 2 amide bonds.